The van der Waals surface area contributed by atoms with Crippen LogP contribution in [0.1, 0.15) is 53.4 Å². The number of aliphatic hydroxyl groups is 1. The second-order valence-corrected chi connectivity index (χ2v) is 6.28. The average Bonchev–Trinajstić information content (AvgIpc) is 2.65. The predicted molar refractivity (Wildman–Crippen MR) is 91.1 cm³/mol. The van der Waals surface area contributed by atoms with Crippen molar-refractivity contribution in [1.29, 1.82) is 0 Å². The summed E-state index contributed by atoms with van der Waals surface area (Å²) in [6, 6.07) is 0.575. The smallest absolute Gasteiger partial charge is 0.161 e. The first kappa shape index (κ1) is 9.90. The molecule has 1 saturated heterocycles. The summed E-state index contributed by atoms with van der Waals surface area (Å²) in [7, 11) is 2.85. The van der Waals surface area contributed by atoms with Crippen LogP contribution >= 0.6 is 0 Å². The van der Waals surface area contributed by atoms with Crippen molar-refractivity contribution in [2.75, 3.05) is 27.3 Å². The molecule has 3 rings (SSSR count). The molecule has 2 aliphatic rings. The molecule has 1 fully saturated rings. The van der Waals surface area contributed by atoms with E-state index in [0.29, 0.717) is 17.7 Å². The fourth-order valence-electron chi connectivity index (χ4n) is 3.04. The minimum Gasteiger partial charge on any atom is -0.493 e. The van der Waals surface area contributed by atoms with Crippen molar-refractivity contribution >= 4 is 0 Å². The van der Waals surface area contributed by atoms with Gasteiger partial charge >= 0.3 is 0 Å². The first-order valence-electron chi connectivity index (χ1n) is 11.4. The number of nitrogens with zero attached hydrogens (tertiary/aromatic N) is 1. The van der Waals surface area contributed by atoms with Crippen LogP contribution in [-0.4, -0.2) is 43.3 Å². The van der Waals surface area contributed by atoms with Gasteiger partial charge in [0.1, 0.15) is 0 Å². The molecule has 2 aliphatic heterocycles. The van der Waals surface area contributed by atoms with E-state index in [-0.39, 0.29) is 30.2 Å². The Morgan fingerprint density at radius 1 is 1.35 bits per heavy atom. The van der Waals surface area contributed by atoms with E-state index in [0.717, 1.165) is 4.90 Å². The van der Waals surface area contributed by atoms with Crippen LogP contribution in [0.5, 0.6) is 11.5 Å². The first-order chi connectivity index (χ1) is 13.6. The van der Waals surface area contributed by atoms with E-state index >= 15 is 0 Å². The SMILES string of the molecule is [2H]C1([2H])N2CCc3cc(OC)c(OC)cc3C2([2H])C([2H])([2H])C([2H])(O)C1([2H])CC(C)C. The zero-order chi connectivity index (χ0) is 22.9. The zero-order valence-corrected chi connectivity index (χ0v) is 14.1. The van der Waals surface area contributed by atoms with Gasteiger partial charge in [0.05, 0.1) is 23.0 Å². The monoisotopic (exact) mass is 326 g/mol. The summed E-state index contributed by atoms with van der Waals surface area (Å²) >= 11 is 0. The summed E-state index contributed by atoms with van der Waals surface area (Å²) in [6.45, 7) is 0.756. The Morgan fingerprint density at radius 2 is 2.04 bits per heavy atom. The van der Waals surface area contributed by atoms with Gasteiger partial charge in [0, 0.05) is 25.9 Å². The van der Waals surface area contributed by atoms with E-state index in [1.807, 2.05) is 0 Å². The maximum absolute atomic E-state index is 11.1. The van der Waals surface area contributed by atoms with Crippen LogP contribution in [0.3, 0.4) is 0 Å². The summed E-state index contributed by atoms with van der Waals surface area (Å²) in [5.41, 5.74) is 0.647. The van der Waals surface area contributed by atoms with Crippen molar-refractivity contribution in [3.8, 4) is 11.5 Å². The van der Waals surface area contributed by atoms with Gasteiger partial charge in [0.25, 0.3) is 0 Å². The van der Waals surface area contributed by atoms with E-state index in [4.69, 9.17) is 17.7 Å². The third-order valence-corrected chi connectivity index (χ3v) is 4.14. The third-order valence-electron chi connectivity index (χ3n) is 4.14. The van der Waals surface area contributed by atoms with Crippen LogP contribution < -0.4 is 9.47 Å². The molecular formula is C19H29NO3. The molecule has 4 nitrogen and oxygen atoms in total. The summed E-state index contributed by atoms with van der Waals surface area (Å²) in [5, 5.41) is 11.1. The Hall–Kier alpha value is -1.26. The highest BCUT2D eigenvalue weighted by molar-refractivity contribution is 5.49. The van der Waals surface area contributed by atoms with Gasteiger partial charge < -0.3 is 14.6 Å². The Balaban J connectivity index is 2.33. The number of hydrogen-bond acceptors (Lipinski definition) is 4. The Kier molecular flexibility index (Phi) is 2.88. The quantitative estimate of drug-likeness (QED) is 0.923. The molecule has 0 radical (unpaired) electrons. The number of benzene rings is 1. The fourth-order valence-corrected chi connectivity index (χ4v) is 3.04. The molecule has 0 aromatic heterocycles. The molecule has 1 aromatic carbocycles. The normalized spacial score (nSPS) is 45.9. The largest absolute Gasteiger partial charge is 0.493 e. The fraction of sp³-hybridized carbons (Fsp3) is 0.684. The molecule has 128 valence electrons. The summed E-state index contributed by atoms with van der Waals surface area (Å²) < 4.78 is 72.1. The van der Waals surface area contributed by atoms with Gasteiger partial charge in [-0.2, -0.15) is 0 Å². The van der Waals surface area contributed by atoms with E-state index in [2.05, 4.69) is 0 Å². The van der Waals surface area contributed by atoms with E-state index in [1.54, 1.807) is 19.9 Å². The molecule has 0 aliphatic carbocycles. The second-order valence-electron chi connectivity index (χ2n) is 6.28. The number of rotatable bonds is 4. The molecule has 4 heteroatoms. The van der Waals surface area contributed by atoms with Gasteiger partial charge in [-0.15, -0.1) is 0 Å². The number of fused-ring (bicyclic) bond motifs is 3. The number of hydrogen-bond donors (Lipinski definition) is 1. The lowest BCUT2D eigenvalue weighted by Gasteiger charge is -2.46. The second kappa shape index (κ2) is 6.70. The van der Waals surface area contributed by atoms with Crippen LogP contribution in [0.2, 0.25) is 0 Å². The number of ether oxygens (including phenoxy) is 2. The van der Waals surface area contributed by atoms with E-state index in [9.17, 15) is 6.48 Å². The molecule has 0 saturated carbocycles. The molecule has 0 amide bonds. The highest BCUT2D eigenvalue weighted by atomic mass is 16.5. The van der Waals surface area contributed by atoms with E-state index in [1.165, 1.54) is 20.3 Å². The highest BCUT2D eigenvalue weighted by Gasteiger charge is 2.38. The standard InChI is InChI=1S/C19H29NO3/c1-12(2)7-14-11-20-6-5-13-8-18(22-3)19(23-4)9-15(13)16(20)10-17(14)21/h8-9,12,14,16-17,21H,5-7,10-11H2,1-4H3/i10D2,11D2,14D,16D,17D. The molecular weight excluding hydrogens is 290 g/mol. The zero-order valence-electron chi connectivity index (χ0n) is 21.1. The van der Waals surface area contributed by atoms with Gasteiger partial charge in [-0.25, -0.2) is 0 Å². The Morgan fingerprint density at radius 3 is 2.70 bits per heavy atom. The lowest BCUT2D eigenvalue weighted by Crippen LogP contribution is -2.48. The maximum Gasteiger partial charge on any atom is 0.161 e. The van der Waals surface area contributed by atoms with Crippen LogP contribution in [0.4, 0.5) is 0 Å². The van der Waals surface area contributed by atoms with Crippen LogP contribution in [0.15, 0.2) is 12.1 Å². The van der Waals surface area contributed by atoms with Crippen molar-refractivity contribution in [2.24, 2.45) is 11.8 Å². The Labute approximate surface area is 149 Å². The van der Waals surface area contributed by atoms with Gasteiger partial charge in [0.15, 0.2) is 11.5 Å². The average molecular weight is 326 g/mol. The minimum atomic E-state index is -3.20. The summed E-state index contributed by atoms with van der Waals surface area (Å²) in [5.74, 6) is -2.16. The predicted octanol–water partition coefficient (Wildman–Crippen LogP) is 3.03. The summed E-state index contributed by atoms with van der Waals surface area (Å²) in [4.78, 5) is 0.993. The van der Waals surface area contributed by atoms with Crippen LogP contribution in [-0.2, 0) is 6.42 Å². The van der Waals surface area contributed by atoms with Crippen molar-refractivity contribution < 1.29 is 24.2 Å². The lowest BCUT2D eigenvalue weighted by molar-refractivity contribution is -0.0191. The van der Waals surface area contributed by atoms with Crippen LogP contribution in [0.25, 0.3) is 0 Å². The topological polar surface area (TPSA) is 41.9 Å². The van der Waals surface area contributed by atoms with Crippen molar-refractivity contribution in [1.82, 2.24) is 4.90 Å². The van der Waals surface area contributed by atoms with Crippen LogP contribution in [0, 0.1) is 11.8 Å². The van der Waals surface area contributed by atoms with Crippen molar-refractivity contribution in [2.45, 2.75) is 45.2 Å². The molecule has 1 N–H and O–H groups in total. The molecule has 3 unspecified atom stereocenters. The molecule has 0 bridgehead atoms. The van der Waals surface area contributed by atoms with Gasteiger partial charge in [-0.05, 0) is 54.3 Å². The molecule has 1 aromatic rings. The molecule has 2 heterocycles. The first-order valence-corrected chi connectivity index (χ1v) is 7.89. The molecule has 3 atom stereocenters. The molecule has 0 spiro atoms. The van der Waals surface area contributed by atoms with Crippen molar-refractivity contribution in [3.05, 3.63) is 23.3 Å². The molecule has 23 heavy (non-hydrogen) atoms. The Bertz CT molecular complexity index is 848. The van der Waals surface area contributed by atoms with Gasteiger partial charge in [0.2, 0.25) is 0 Å². The number of methoxy groups -OCH3 is 2. The highest BCUT2D eigenvalue weighted by Crippen LogP contribution is 2.43. The van der Waals surface area contributed by atoms with Crippen molar-refractivity contribution in [3.63, 3.8) is 0 Å². The minimum absolute atomic E-state index is 0.0483. The van der Waals surface area contributed by atoms with Gasteiger partial charge in [-0.1, -0.05) is 13.8 Å². The lowest BCUT2D eigenvalue weighted by atomic mass is 9.79. The maximum atomic E-state index is 11.1. The summed E-state index contributed by atoms with van der Waals surface area (Å²) in [6.07, 6.45) is -6.16. The number of piperidine rings is 1. The van der Waals surface area contributed by atoms with E-state index < -0.39 is 30.9 Å². The van der Waals surface area contributed by atoms with Gasteiger partial charge in [-0.3, -0.25) is 4.90 Å². The third kappa shape index (κ3) is 3.20.